The van der Waals surface area contributed by atoms with Crippen LogP contribution in [0.2, 0.25) is 0 Å². The molecular weight excluding hydrogens is 454 g/mol. The number of ketones is 1. The largest absolute Gasteiger partial charge is 0.480 e. The third-order valence-corrected chi connectivity index (χ3v) is 12.1. The van der Waals surface area contributed by atoms with Gasteiger partial charge in [-0.2, -0.15) is 0 Å². The second-order valence-corrected chi connectivity index (χ2v) is 15.4. The van der Waals surface area contributed by atoms with Gasteiger partial charge in [0.1, 0.15) is 11.8 Å². The number of sulfone groups is 1. The number of fused-ring (bicyclic) bond motifs is 1. The summed E-state index contributed by atoms with van der Waals surface area (Å²) in [6, 6.07) is -0.836. The van der Waals surface area contributed by atoms with Gasteiger partial charge in [0, 0.05) is 31.2 Å². The molecule has 2 heterocycles. The summed E-state index contributed by atoms with van der Waals surface area (Å²) >= 11 is 0. The number of piperidine rings is 1. The Morgan fingerprint density at radius 1 is 1.09 bits per heavy atom. The predicted octanol–water partition coefficient (Wildman–Crippen LogP) is 3.70. The Labute approximate surface area is 204 Å². The number of amides is 1. The van der Waals surface area contributed by atoms with Crippen molar-refractivity contribution in [2.24, 2.45) is 34.0 Å². The molecule has 4 rings (SSSR count). The summed E-state index contributed by atoms with van der Waals surface area (Å²) < 4.78 is 25.1. The molecule has 0 bridgehead atoms. The minimum atomic E-state index is -3.13. The van der Waals surface area contributed by atoms with E-state index in [9.17, 15) is 27.9 Å². The second-order valence-electron chi connectivity index (χ2n) is 13.1. The van der Waals surface area contributed by atoms with Gasteiger partial charge in [0.25, 0.3) is 0 Å². The molecule has 0 aromatic heterocycles. The quantitative estimate of drug-likeness (QED) is 0.577. The van der Waals surface area contributed by atoms with Gasteiger partial charge in [-0.3, -0.25) is 9.59 Å². The molecule has 1 amide bonds. The topological polar surface area (TPSA) is 109 Å². The fourth-order valence-corrected chi connectivity index (χ4v) is 9.37. The number of nitrogens with zero attached hydrogens (tertiary/aromatic N) is 1. The van der Waals surface area contributed by atoms with E-state index in [1.54, 1.807) is 0 Å². The molecule has 4 aliphatic rings. The van der Waals surface area contributed by atoms with E-state index in [-0.39, 0.29) is 47.5 Å². The molecule has 2 saturated carbocycles. The number of carboxylic acid groups (broad SMARTS) is 1. The predicted molar refractivity (Wildman–Crippen MR) is 129 cm³/mol. The smallest absolute Gasteiger partial charge is 0.326 e. The minimum absolute atomic E-state index is 0.0401. The average Bonchev–Trinajstić information content (AvgIpc) is 3.06. The van der Waals surface area contributed by atoms with E-state index in [0.29, 0.717) is 13.0 Å². The number of likely N-dealkylation sites (tertiary alicyclic amines) is 1. The zero-order valence-corrected chi connectivity index (χ0v) is 22.1. The van der Waals surface area contributed by atoms with E-state index in [1.165, 1.54) is 4.90 Å². The zero-order valence-electron chi connectivity index (χ0n) is 21.3. The van der Waals surface area contributed by atoms with Gasteiger partial charge in [0.2, 0.25) is 5.91 Å². The molecule has 0 aromatic carbocycles. The van der Waals surface area contributed by atoms with Gasteiger partial charge in [0.05, 0.1) is 11.0 Å². The molecule has 0 aromatic rings. The summed E-state index contributed by atoms with van der Waals surface area (Å²) in [6.07, 6.45) is 5.32. The monoisotopic (exact) mass is 495 g/mol. The van der Waals surface area contributed by atoms with Crippen LogP contribution in [-0.4, -0.2) is 59.7 Å². The van der Waals surface area contributed by atoms with Crippen LogP contribution in [0.3, 0.4) is 0 Å². The fraction of sp³-hybridized carbons (Fsp3) is 0.885. The van der Waals surface area contributed by atoms with E-state index < -0.39 is 43.8 Å². The number of hydrogen-bond donors (Lipinski definition) is 1. The van der Waals surface area contributed by atoms with Crippen LogP contribution in [0.4, 0.5) is 0 Å². The Balaban J connectivity index is 1.52. The molecule has 8 heteroatoms. The van der Waals surface area contributed by atoms with Gasteiger partial charge in [-0.05, 0) is 41.4 Å². The van der Waals surface area contributed by atoms with E-state index in [2.05, 4.69) is 13.8 Å². The normalized spacial score (nSPS) is 34.0. The molecule has 0 spiro atoms. The summed E-state index contributed by atoms with van der Waals surface area (Å²) in [6.45, 7) is 10.3. The third kappa shape index (κ3) is 4.22. The molecule has 0 radical (unpaired) electrons. The maximum Gasteiger partial charge on any atom is 0.326 e. The third-order valence-electron chi connectivity index (χ3n) is 9.70. The summed E-state index contributed by atoms with van der Waals surface area (Å²) in [5.74, 6) is -1.55. The first kappa shape index (κ1) is 25.6. The number of carbonyl (C=O) groups excluding carboxylic acids is 2. The minimum Gasteiger partial charge on any atom is -0.480 e. The molecule has 2 saturated heterocycles. The van der Waals surface area contributed by atoms with Crippen LogP contribution in [0.1, 0.15) is 86.0 Å². The molecule has 34 heavy (non-hydrogen) atoms. The van der Waals surface area contributed by atoms with Crippen LogP contribution in [-0.2, 0) is 24.2 Å². The molecular formula is C26H41NO6S. The van der Waals surface area contributed by atoms with Crippen molar-refractivity contribution < 1.29 is 27.9 Å². The van der Waals surface area contributed by atoms with Gasteiger partial charge >= 0.3 is 5.97 Å². The first-order valence-electron chi connectivity index (χ1n) is 12.9. The van der Waals surface area contributed by atoms with Crippen molar-refractivity contribution in [2.75, 3.05) is 12.3 Å². The van der Waals surface area contributed by atoms with Crippen molar-refractivity contribution in [3.05, 3.63) is 0 Å². The number of rotatable bonds is 7. The van der Waals surface area contributed by atoms with Crippen molar-refractivity contribution in [3.63, 3.8) is 0 Å². The number of aliphatic carboxylic acids is 1. The highest BCUT2D eigenvalue weighted by Crippen LogP contribution is 2.65. The lowest BCUT2D eigenvalue weighted by Gasteiger charge is -2.47. The Kier molecular flexibility index (Phi) is 6.27. The lowest BCUT2D eigenvalue weighted by Crippen LogP contribution is -2.52. The Morgan fingerprint density at radius 2 is 1.71 bits per heavy atom. The highest BCUT2D eigenvalue weighted by Gasteiger charge is 2.70. The van der Waals surface area contributed by atoms with Crippen molar-refractivity contribution in [2.45, 2.75) is 97.3 Å². The standard InChI is InChI=1S/C26H41NO6S/c1-24(2,3)17(22(29)27-15-18-20(25(18,4)5)21(27)23(30)31)13-16(28)14-26(10-7-6-8-11-26)19-9-12-34(19,32)33/h17-21H,6-15H2,1-5H3,(H,30,31)/t17-,18+,19+,20+,21+/m1/s1. The number of hydrogen-bond acceptors (Lipinski definition) is 5. The van der Waals surface area contributed by atoms with Gasteiger partial charge in [0.15, 0.2) is 9.84 Å². The van der Waals surface area contributed by atoms with E-state index in [1.807, 2.05) is 20.8 Å². The van der Waals surface area contributed by atoms with Gasteiger partial charge in [-0.25, -0.2) is 13.2 Å². The molecule has 2 aliphatic carbocycles. The Bertz CT molecular complexity index is 972. The molecule has 5 atom stereocenters. The summed E-state index contributed by atoms with van der Waals surface area (Å²) in [5.41, 5.74) is -1.09. The van der Waals surface area contributed by atoms with Gasteiger partial charge < -0.3 is 10.0 Å². The molecule has 4 fully saturated rings. The molecule has 7 nitrogen and oxygen atoms in total. The maximum absolute atomic E-state index is 13.7. The number of carbonyl (C=O) groups is 3. The van der Waals surface area contributed by atoms with Crippen molar-refractivity contribution in [3.8, 4) is 0 Å². The summed E-state index contributed by atoms with van der Waals surface area (Å²) in [5, 5.41) is 9.47. The van der Waals surface area contributed by atoms with Crippen molar-refractivity contribution >= 4 is 27.5 Å². The van der Waals surface area contributed by atoms with Crippen LogP contribution in [0.15, 0.2) is 0 Å². The van der Waals surface area contributed by atoms with Crippen molar-refractivity contribution in [1.29, 1.82) is 0 Å². The first-order chi connectivity index (χ1) is 15.6. The van der Waals surface area contributed by atoms with Gasteiger partial charge in [-0.15, -0.1) is 0 Å². The van der Waals surface area contributed by atoms with Crippen molar-refractivity contribution in [1.82, 2.24) is 4.90 Å². The summed E-state index contributed by atoms with van der Waals surface area (Å²) in [7, 11) is -3.13. The van der Waals surface area contributed by atoms with E-state index in [0.717, 1.165) is 32.1 Å². The maximum atomic E-state index is 13.7. The summed E-state index contributed by atoms with van der Waals surface area (Å²) in [4.78, 5) is 40.8. The van der Waals surface area contributed by atoms with Crippen LogP contribution in [0.25, 0.3) is 0 Å². The highest BCUT2D eigenvalue weighted by atomic mass is 32.2. The second kappa shape index (κ2) is 8.31. The van der Waals surface area contributed by atoms with Crippen LogP contribution in [0.5, 0.6) is 0 Å². The average molecular weight is 496 g/mol. The first-order valence-corrected chi connectivity index (χ1v) is 14.6. The fourth-order valence-electron chi connectivity index (χ4n) is 7.44. The molecule has 0 unspecified atom stereocenters. The SMILES string of the molecule is CC(C)(C)[C@H](CC(=O)CC1([C@@H]2CCS2(=O)=O)CCCCC1)C(=O)N1C[C@H]2[C@@H]([C@H]1C(=O)O)C2(C)C. The molecule has 1 N–H and O–H groups in total. The molecule has 2 aliphatic heterocycles. The van der Waals surface area contributed by atoms with Gasteiger partial charge in [-0.1, -0.05) is 53.9 Å². The van der Waals surface area contributed by atoms with E-state index >= 15 is 0 Å². The van der Waals surface area contributed by atoms with Crippen LogP contribution >= 0.6 is 0 Å². The van der Waals surface area contributed by atoms with Crippen LogP contribution in [0, 0.1) is 34.0 Å². The number of carboxylic acids is 1. The molecule has 192 valence electrons. The number of Topliss-reactive ketones (excluding diaryl/α,β-unsaturated/α-hetero) is 1. The van der Waals surface area contributed by atoms with Crippen LogP contribution < -0.4 is 0 Å². The van der Waals surface area contributed by atoms with E-state index in [4.69, 9.17) is 0 Å². The highest BCUT2D eigenvalue weighted by molar-refractivity contribution is 7.93. The Morgan fingerprint density at radius 3 is 2.18 bits per heavy atom. The lowest BCUT2D eigenvalue weighted by molar-refractivity contribution is -0.154. The Hall–Kier alpha value is -1.44. The lowest BCUT2D eigenvalue weighted by atomic mass is 9.66. The zero-order chi connectivity index (χ0) is 25.3.